The summed E-state index contributed by atoms with van der Waals surface area (Å²) in [7, 11) is 0. The molecule has 0 aliphatic carbocycles. The van der Waals surface area contributed by atoms with E-state index in [4.69, 9.17) is 5.11 Å². The van der Waals surface area contributed by atoms with Gasteiger partial charge in [-0.05, 0) is 31.2 Å². The summed E-state index contributed by atoms with van der Waals surface area (Å²) >= 11 is 0. The number of carbonyl (C=O) groups is 1. The van der Waals surface area contributed by atoms with Gasteiger partial charge >= 0.3 is 5.97 Å². The molecule has 0 aromatic heterocycles. The Balaban J connectivity index is 2.06. The standard InChI is InChI=1S/C11H21NO2/c1-9-7-12(8-10(9)2)6-4-3-5-11(13)14/h9-10H,3-8H2,1-2H3,(H,13,14). The summed E-state index contributed by atoms with van der Waals surface area (Å²) in [5.74, 6) is 0.928. The predicted octanol–water partition coefficient (Wildman–Crippen LogP) is 1.83. The maximum atomic E-state index is 10.3. The molecule has 14 heavy (non-hydrogen) atoms. The van der Waals surface area contributed by atoms with Crippen molar-refractivity contribution in [2.24, 2.45) is 11.8 Å². The average molecular weight is 199 g/mol. The third-order valence-corrected chi connectivity index (χ3v) is 3.18. The van der Waals surface area contributed by atoms with E-state index in [0.717, 1.165) is 31.2 Å². The molecule has 2 atom stereocenters. The fourth-order valence-corrected chi connectivity index (χ4v) is 2.04. The number of likely N-dealkylation sites (tertiary alicyclic amines) is 1. The lowest BCUT2D eigenvalue weighted by atomic mass is 10.0. The SMILES string of the molecule is CC1CN(CCCCC(=O)O)CC1C. The molecule has 1 fully saturated rings. The fourth-order valence-electron chi connectivity index (χ4n) is 2.04. The van der Waals surface area contributed by atoms with Gasteiger partial charge in [-0.1, -0.05) is 13.8 Å². The highest BCUT2D eigenvalue weighted by Crippen LogP contribution is 2.22. The second-order valence-corrected chi connectivity index (χ2v) is 4.56. The van der Waals surface area contributed by atoms with E-state index >= 15 is 0 Å². The van der Waals surface area contributed by atoms with Crippen LogP contribution in [0.25, 0.3) is 0 Å². The maximum Gasteiger partial charge on any atom is 0.303 e. The first-order valence-electron chi connectivity index (χ1n) is 5.53. The van der Waals surface area contributed by atoms with Gasteiger partial charge in [-0.15, -0.1) is 0 Å². The smallest absolute Gasteiger partial charge is 0.303 e. The van der Waals surface area contributed by atoms with Gasteiger partial charge in [0.1, 0.15) is 0 Å². The quantitative estimate of drug-likeness (QED) is 0.687. The molecule has 82 valence electrons. The van der Waals surface area contributed by atoms with Crippen LogP contribution in [-0.4, -0.2) is 35.6 Å². The molecule has 1 saturated heterocycles. The van der Waals surface area contributed by atoms with Gasteiger partial charge in [0.25, 0.3) is 0 Å². The number of hydrogen-bond acceptors (Lipinski definition) is 2. The summed E-state index contributed by atoms with van der Waals surface area (Å²) in [6, 6.07) is 0. The molecule has 1 aliphatic rings. The highest BCUT2D eigenvalue weighted by molar-refractivity contribution is 5.66. The van der Waals surface area contributed by atoms with E-state index in [1.54, 1.807) is 0 Å². The number of unbranched alkanes of at least 4 members (excludes halogenated alkanes) is 1. The minimum Gasteiger partial charge on any atom is -0.481 e. The van der Waals surface area contributed by atoms with Crippen LogP contribution in [-0.2, 0) is 4.79 Å². The number of hydrogen-bond donors (Lipinski definition) is 1. The molecule has 2 unspecified atom stereocenters. The monoisotopic (exact) mass is 199 g/mol. The fraction of sp³-hybridized carbons (Fsp3) is 0.909. The molecule has 3 heteroatoms. The topological polar surface area (TPSA) is 40.5 Å². The summed E-state index contributed by atoms with van der Waals surface area (Å²) < 4.78 is 0. The normalized spacial score (nSPS) is 28.1. The zero-order valence-electron chi connectivity index (χ0n) is 9.20. The third kappa shape index (κ3) is 3.66. The lowest BCUT2D eigenvalue weighted by Gasteiger charge is -2.14. The van der Waals surface area contributed by atoms with Crippen LogP contribution in [0.5, 0.6) is 0 Å². The highest BCUT2D eigenvalue weighted by Gasteiger charge is 2.25. The van der Waals surface area contributed by atoms with Gasteiger partial charge in [0.2, 0.25) is 0 Å². The first-order valence-corrected chi connectivity index (χ1v) is 5.53. The third-order valence-electron chi connectivity index (χ3n) is 3.18. The number of carboxylic acids is 1. The van der Waals surface area contributed by atoms with Crippen molar-refractivity contribution in [1.82, 2.24) is 4.90 Å². The van der Waals surface area contributed by atoms with Gasteiger partial charge in [0.05, 0.1) is 0 Å². The van der Waals surface area contributed by atoms with E-state index < -0.39 is 5.97 Å². The zero-order chi connectivity index (χ0) is 10.6. The first kappa shape index (κ1) is 11.5. The van der Waals surface area contributed by atoms with E-state index in [1.807, 2.05) is 0 Å². The second-order valence-electron chi connectivity index (χ2n) is 4.56. The first-order chi connectivity index (χ1) is 6.59. The number of nitrogens with zero attached hydrogens (tertiary/aromatic N) is 1. The molecule has 0 spiro atoms. The van der Waals surface area contributed by atoms with Crippen LogP contribution < -0.4 is 0 Å². The Morgan fingerprint density at radius 3 is 2.36 bits per heavy atom. The average Bonchev–Trinajstić information content (AvgIpc) is 2.40. The maximum absolute atomic E-state index is 10.3. The molecule has 1 N–H and O–H groups in total. The molecule has 3 nitrogen and oxygen atoms in total. The highest BCUT2D eigenvalue weighted by atomic mass is 16.4. The molecule has 1 rings (SSSR count). The molecule has 0 aromatic rings. The Hall–Kier alpha value is -0.570. The summed E-state index contributed by atoms with van der Waals surface area (Å²) in [5, 5.41) is 8.48. The van der Waals surface area contributed by atoms with E-state index in [-0.39, 0.29) is 0 Å². The van der Waals surface area contributed by atoms with Crippen LogP contribution in [0.15, 0.2) is 0 Å². The molecule has 1 aliphatic heterocycles. The van der Waals surface area contributed by atoms with Crippen LogP contribution in [0, 0.1) is 11.8 Å². The Kier molecular flexibility index (Phi) is 4.39. The molecule has 0 radical (unpaired) electrons. The number of carboxylic acid groups (broad SMARTS) is 1. The van der Waals surface area contributed by atoms with E-state index in [9.17, 15) is 4.79 Å². The Labute approximate surface area is 86.1 Å². The zero-order valence-corrected chi connectivity index (χ0v) is 9.20. The van der Waals surface area contributed by atoms with Gasteiger partial charge in [-0.3, -0.25) is 4.79 Å². The van der Waals surface area contributed by atoms with Crippen LogP contribution in [0.2, 0.25) is 0 Å². The second kappa shape index (κ2) is 5.35. The van der Waals surface area contributed by atoms with Crippen molar-refractivity contribution in [1.29, 1.82) is 0 Å². The van der Waals surface area contributed by atoms with Gasteiger partial charge in [-0.2, -0.15) is 0 Å². The lowest BCUT2D eigenvalue weighted by Crippen LogP contribution is -2.22. The molecule has 0 amide bonds. The Bertz CT molecular complexity index is 184. The minimum absolute atomic E-state index is 0.318. The van der Waals surface area contributed by atoms with Crippen molar-refractivity contribution in [3.05, 3.63) is 0 Å². The van der Waals surface area contributed by atoms with E-state index in [2.05, 4.69) is 18.7 Å². The van der Waals surface area contributed by atoms with Gasteiger partial charge in [0.15, 0.2) is 0 Å². The molecule has 0 bridgehead atoms. The van der Waals surface area contributed by atoms with Crippen LogP contribution in [0.4, 0.5) is 0 Å². The van der Waals surface area contributed by atoms with Crippen molar-refractivity contribution < 1.29 is 9.90 Å². The number of aliphatic carboxylic acids is 1. The van der Waals surface area contributed by atoms with Gasteiger partial charge in [0, 0.05) is 19.5 Å². The van der Waals surface area contributed by atoms with Crippen molar-refractivity contribution in [2.75, 3.05) is 19.6 Å². The van der Waals surface area contributed by atoms with E-state index in [0.29, 0.717) is 6.42 Å². The molecular weight excluding hydrogens is 178 g/mol. The van der Waals surface area contributed by atoms with Crippen molar-refractivity contribution >= 4 is 5.97 Å². The molecule has 0 saturated carbocycles. The van der Waals surface area contributed by atoms with Crippen molar-refractivity contribution in [3.63, 3.8) is 0 Å². The molecule has 1 heterocycles. The van der Waals surface area contributed by atoms with Gasteiger partial charge in [-0.25, -0.2) is 0 Å². The Morgan fingerprint density at radius 2 is 1.86 bits per heavy atom. The minimum atomic E-state index is -0.673. The Morgan fingerprint density at radius 1 is 1.29 bits per heavy atom. The largest absolute Gasteiger partial charge is 0.481 e. The van der Waals surface area contributed by atoms with Crippen LogP contribution >= 0.6 is 0 Å². The van der Waals surface area contributed by atoms with E-state index in [1.165, 1.54) is 13.1 Å². The predicted molar refractivity (Wildman–Crippen MR) is 56.3 cm³/mol. The summed E-state index contributed by atoms with van der Waals surface area (Å²) in [6.07, 6.45) is 2.15. The molecule has 0 aromatic carbocycles. The van der Waals surface area contributed by atoms with Crippen LogP contribution in [0.3, 0.4) is 0 Å². The summed E-state index contributed by atoms with van der Waals surface area (Å²) in [6.45, 7) is 8.04. The number of rotatable bonds is 5. The van der Waals surface area contributed by atoms with Gasteiger partial charge < -0.3 is 10.0 Å². The summed E-state index contributed by atoms with van der Waals surface area (Å²) in [5.41, 5.74) is 0. The van der Waals surface area contributed by atoms with Crippen molar-refractivity contribution in [2.45, 2.75) is 33.1 Å². The van der Waals surface area contributed by atoms with Crippen LogP contribution in [0.1, 0.15) is 33.1 Å². The summed E-state index contributed by atoms with van der Waals surface area (Å²) in [4.78, 5) is 12.7. The lowest BCUT2D eigenvalue weighted by molar-refractivity contribution is -0.137. The van der Waals surface area contributed by atoms with Crippen molar-refractivity contribution in [3.8, 4) is 0 Å². The molecular formula is C11H21NO2.